The third-order valence-corrected chi connectivity index (χ3v) is 4.89. The number of esters is 1. The molecule has 1 aromatic carbocycles. The summed E-state index contributed by atoms with van der Waals surface area (Å²) in [4.78, 5) is 30.1. The zero-order valence-corrected chi connectivity index (χ0v) is 15.8. The first kappa shape index (κ1) is 20.1. The lowest BCUT2D eigenvalue weighted by Crippen LogP contribution is -2.36. The molecule has 1 aromatic heterocycles. The minimum absolute atomic E-state index is 0.0457. The van der Waals surface area contributed by atoms with Crippen molar-refractivity contribution in [2.45, 2.75) is 38.5 Å². The minimum Gasteiger partial charge on any atom is -0.461 e. The number of hydrogen-bond acceptors (Lipinski definition) is 5. The number of nitrogens with zero attached hydrogens (tertiary/aromatic N) is 2. The zero-order chi connectivity index (χ0) is 20.3. The van der Waals surface area contributed by atoms with Crippen molar-refractivity contribution in [3.05, 3.63) is 45.9 Å². The van der Waals surface area contributed by atoms with Crippen LogP contribution in [0.2, 0.25) is 0 Å². The summed E-state index contributed by atoms with van der Waals surface area (Å²) in [7, 11) is 0. The molecule has 28 heavy (non-hydrogen) atoms. The van der Waals surface area contributed by atoms with E-state index in [1.54, 1.807) is 17.2 Å². The molecule has 0 atom stereocenters. The van der Waals surface area contributed by atoms with E-state index in [0.717, 1.165) is 25.0 Å². The molecule has 1 N–H and O–H groups in total. The Morgan fingerprint density at radius 3 is 2.54 bits per heavy atom. The van der Waals surface area contributed by atoms with Crippen LogP contribution < -0.4 is 5.32 Å². The third-order valence-electron chi connectivity index (χ3n) is 4.05. The molecule has 0 radical (unpaired) electrons. The highest BCUT2D eigenvalue weighted by Crippen LogP contribution is 2.31. The maximum Gasteiger partial charge on any atom is 0.416 e. The first-order chi connectivity index (χ1) is 13.3. The molecule has 2 amide bonds. The first-order valence-electron chi connectivity index (χ1n) is 8.64. The standard InChI is InChI=1S/C18H18F3N3O3S/c1-2-27-16(25)14-10-28-15(23-14)9-24(13-7-8-13)17(26)22-12-5-3-11(4-6-12)18(19,20)21/h3-6,10,13H,2,7-9H2,1H3,(H,22,26). The molecule has 150 valence electrons. The highest BCUT2D eigenvalue weighted by Gasteiger charge is 2.34. The van der Waals surface area contributed by atoms with Crippen LogP contribution in [0, 0.1) is 0 Å². The number of halogens is 3. The van der Waals surface area contributed by atoms with Crippen molar-refractivity contribution in [3.8, 4) is 0 Å². The maximum absolute atomic E-state index is 12.6. The van der Waals surface area contributed by atoms with Crippen molar-refractivity contribution >= 4 is 29.0 Å². The van der Waals surface area contributed by atoms with Crippen LogP contribution >= 0.6 is 11.3 Å². The second kappa shape index (κ2) is 8.17. The van der Waals surface area contributed by atoms with E-state index in [9.17, 15) is 22.8 Å². The number of nitrogens with one attached hydrogen (secondary N) is 1. The van der Waals surface area contributed by atoms with Crippen molar-refractivity contribution in [1.29, 1.82) is 0 Å². The van der Waals surface area contributed by atoms with Gasteiger partial charge in [-0.05, 0) is 44.0 Å². The summed E-state index contributed by atoms with van der Waals surface area (Å²) in [5.74, 6) is -0.517. The summed E-state index contributed by atoms with van der Waals surface area (Å²) in [6, 6.07) is 3.90. The van der Waals surface area contributed by atoms with Gasteiger partial charge in [-0.25, -0.2) is 14.6 Å². The van der Waals surface area contributed by atoms with Crippen LogP contribution in [0.3, 0.4) is 0 Å². The van der Waals surface area contributed by atoms with Gasteiger partial charge in [0, 0.05) is 17.1 Å². The average Bonchev–Trinajstić information content (AvgIpc) is 3.37. The number of anilines is 1. The van der Waals surface area contributed by atoms with Gasteiger partial charge in [-0.2, -0.15) is 13.2 Å². The summed E-state index contributed by atoms with van der Waals surface area (Å²) < 4.78 is 42.8. The molecule has 3 rings (SSSR count). The van der Waals surface area contributed by atoms with Crippen molar-refractivity contribution < 1.29 is 27.5 Å². The number of amides is 2. The molecule has 1 aliphatic carbocycles. The Morgan fingerprint density at radius 1 is 1.29 bits per heavy atom. The lowest BCUT2D eigenvalue weighted by atomic mass is 10.2. The van der Waals surface area contributed by atoms with Crippen molar-refractivity contribution in [1.82, 2.24) is 9.88 Å². The smallest absolute Gasteiger partial charge is 0.416 e. The third kappa shape index (κ3) is 5.00. The fourth-order valence-electron chi connectivity index (χ4n) is 2.52. The number of alkyl halides is 3. The summed E-state index contributed by atoms with van der Waals surface area (Å²) in [6.07, 6.45) is -2.74. The molecule has 0 aliphatic heterocycles. The molecular weight excluding hydrogens is 395 g/mol. The number of carbonyl (C=O) groups is 2. The van der Waals surface area contributed by atoms with Crippen LogP contribution in [0.15, 0.2) is 29.6 Å². The molecule has 0 unspecified atom stereocenters. The molecule has 10 heteroatoms. The van der Waals surface area contributed by atoms with Gasteiger partial charge in [0.15, 0.2) is 5.69 Å². The van der Waals surface area contributed by atoms with Crippen LogP contribution in [-0.2, 0) is 17.5 Å². The fourth-order valence-corrected chi connectivity index (χ4v) is 3.28. The minimum atomic E-state index is -4.43. The first-order valence-corrected chi connectivity index (χ1v) is 9.52. The second-order valence-electron chi connectivity index (χ2n) is 6.21. The van der Waals surface area contributed by atoms with Crippen LogP contribution in [0.1, 0.15) is 40.8 Å². The number of hydrogen-bond donors (Lipinski definition) is 1. The molecule has 0 saturated heterocycles. The van der Waals surface area contributed by atoms with Crippen LogP contribution in [0.25, 0.3) is 0 Å². The van der Waals surface area contributed by atoms with Crippen molar-refractivity contribution in [2.24, 2.45) is 0 Å². The Balaban J connectivity index is 1.66. The summed E-state index contributed by atoms with van der Waals surface area (Å²) in [5, 5.41) is 4.77. The zero-order valence-electron chi connectivity index (χ0n) is 15.0. The molecule has 0 spiro atoms. The molecule has 1 heterocycles. The molecule has 1 aliphatic rings. The number of rotatable bonds is 6. The quantitative estimate of drug-likeness (QED) is 0.706. The van der Waals surface area contributed by atoms with E-state index in [1.165, 1.54) is 23.5 Å². The van der Waals surface area contributed by atoms with E-state index in [-0.39, 0.29) is 30.6 Å². The van der Waals surface area contributed by atoms with E-state index >= 15 is 0 Å². The molecule has 0 bridgehead atoms. The normalized spacial score (nSPS) is 13.9. The van der Waals surface area contributed by atoms with Gasteiger partial charge in [0.05, 0.1) is 18.7 Å². The monoisotopic (exact) mass is 413 g/mol. The van der Waals surface area contributed by atoms with Crippen molar-refractivity contribution in [2.75, 3.05) is 11.9 Å². The second-order valence-corrected chi connectivity index (χ2v) is 7.15. The topological polar surface area (TPSA) is 71.5 Å². The summed E-state index contributed by atoms with van der Waals surface area (Å²) >= 11 is 1.25. The number of carbonyl (C=O) groups excluding carboxylic acids is 2. The van der Waals surface area contributed by atoms with Gasteiger partial charge in [-0.15, -0.1) is 11.3 Å². The van der Waals surface area contributed by atoms with Gasteiger partial charge in [0.25, 0.3) is 0 Å². The predicted molar refractivity (Wildman–Crippen MR) is 97.1 cm³/mol. The van der Waals surface area contributed by atoms with Gasteiger partial charge in [0.1, 0.15) is 5.01 Å². The van der Waals surface area contributed by atoms with Gasteiger partial charge >= 0.3 is 18.2 Å². The van der Waals surface area contributed by atoms with Gasteiger partial charge in [0.2, 0.25) is 0 Å². The van der Waals surface area contributed by atoms with E-state index in [1.807, 2.05) is 0 Å². The van der Waals surface area contributed by atoms with Crippen molar-refractivity contribution in [3.63, 3.8) is 0 Å². The van der Waals surface area contributed by atoms with Gasteiger partial charge < -0.3 is 15.0 Å². The predicted octanol–water partition coefficient (Wildman–Crippen LogP) is 4.54. The van der Waals surface area contributed by atoms with Gasteiger partial charge in [-0.1, -0.05) is 0 Å². The molecule has 1 saturated carbocycles. The number of thiazole rings is 1. The number of ether oxygens (including phenoxy) is 1. The maximum atomic E-state index is 12.6. The highest BCUT2D eigenvalue weighted by molar-refractivity contribution is 7.09. The summed E-state index contributed by atoms with van der Waals surface area (Å²) in [5.41, 5.74) is -0.311. The lowest BCUT2D eigenvalue weighted by Gasteiger charge is -2.22. The van der Waals surface area contributed by atoms with E-state index in [4.69, 9.17) is 4.74 Å². The number of urea groups is 1. The van der Waals surface area contributed by atoms with Crippen LogP contribution in [0.5, 0.6) is 0 Å². The fraction of sp³-hybridized carbons (Fsp3) is 0.389. The van der Waals surface area contributed by atoms with E-state index < -0.39 is 23.7 Å². The average molecular weight is 413 g/mol. The molecule has 6 nitrogen and oxygen atoms in total. The Bertz CT molecular complexity index is 848. The van der Waals surface area contributed by atoms with E-state index in [0.29, 0.717) is 5.01 Å². The summed E-state index contributed by atoms with van der Waals surface area (Å²) in [6.45, 7) is 2.15. The van der Waals surface area contributed by atoms with Crippen LogP contribution in [0.4, 0.5) is 23.7 Å². The Morgan fingerprint density at radius 2 is 1.96 bits per heavy atom. The number of benzene rings is 1. The van der Waals surface area contributed by atoms with Crippen LogP contribution in [-0.4, -0.2) is 34.5 Å². The Hall–Kier alpha value is -2.62. The Kier molecular flexibility index (Phi) is 5.87. The van der Waals surface area contributed by atoms with E-state index in [2.05, 4.69) is 10.3 Å². The Labute approximate surface area is 163 Å². The highest BCUT2D eigenvalue weighted by atomic mass is 32.1. The SMILES string of the molecule is CCOC(=O)c1csc(CN(C(=O)Nc2ccc(C(F)(F)F)cc2)C2CC2)n1. The van der Waals surface area contributed by atoms with Gasteiger partial charge in [-0.3, -0.25) is 0 Å². The largest absolute Gasteiger partial charge is 0.461 e. The number of aromatic nitrogens is 1. The molecular formula is C18H18F3N3O3S. The molecule has 2 aromatic rings. The molecule has 1 fully saturated rings. The lowest BCUT2D eigenvalue weighted by molar-refractivity contribution is -0.137.